The SMILES string of the molecule is CCO[Si](=O)OCCCOc1ccc(C2(c3ccc(OC(=O)NCCC[Si](OCC)(OCC)OCC)cc3)c3ccccc3-c3ccccc32)cc1. The van der Waals surface area contributed by atoms with Gasteiger partial charge < -0.3 is 36.9 Å². The Labute approximate surface area is 309 Å². The van der Waals surface area contributed by atoms with Gasteiger partial charge in [-0.3, -0.25) is 4.46 Å². The van der Waals surface area contributed by atoms with Gasteiger partial charge in [0.1, 0.15) is 11.5 Å². The smallest absolute Gasteiger partial charge is 0.496 e. The second-order valence-corrected chi connectivity index (χ2v) is 15.8. The zero-order valence-electron chi connectivity index (χ0n) is 30.5. The van der Waals surface area contributed by atoms with E-state index in [1.807, 2.05) is 57.2 Å². The molecule has 1 amide bonds. The summed E-state index contributed by atoms with van der Waals surface area (Å²) in [6.07, 6.45) is 0.693. The van der Waals surface area contributed by atoms with Crippen LogP contribution in [0.4, 0.5) is 4.79 Å². The largest absolute Gasteiger partial charge is 0.767 e. The molecule has 0 spiro atoms. The van der Waals surface area contributed by atoms with E-state index < -0.39 is 29.5 Å². The molecule has 276 valence electrons. The van der Waals surface area contributed by atoms with Crippen molar-refractivity contribution in [2.45, 2.75) is 52.0 Å². The fraction of sp³-hybridized carbons (Fsp3) is 0.375. The van der Waals surface area contributed by atoms with Gasteiger partial charge in [0.2, 0.25) is 0 Å². The van der Waals surface area contributed by atoms with Crippen molar-refractivity contribution in [2.75, 3.05) is 46.2 Å². The summed E-state index contributed by atoms with van der Waals surface area (Å²) in [4.78, 5) is 12.8. The Bertz CT molecular complexity index is 1690. The topological polar surface area (TPSA) is 111 Å². The molecule has 1 aliphatic rings. The molecular formula is C40H49NO9Si2. The molecule has 0 aliphatic heterocycles. The fourth-order valence-electron chi connectivity index (χ4n) is 6.80. The third kappa shape index (κ3) is 8.99. The van der Waals surface area contributed by atoms with E-state index in [4.69, 9.17) is 31.6 Å². The van der Waals surface area contributed by atoms with Gasteiger partial charge in [0.25, 0.3) is 0 Å². The van der Waals surface area contributed by atoms with Crippen LogP contribution in [0.5, 0.6) is 11.5 Å². The predicted molar refractivity (Wildman–Crippen MR) is 202 cm³/mol. The number of amides is 1. The van der Waals surface area contributed by atoms with E-state index in [0.29, 0.717) is 70.8 Å². The van der Waals surface area contributed by atoms with Gasteiger partial charge in [-0.25, -0.2) is 4.79 Å². The van der Waals surface area contributed by atoms with Gasteiger partial charge in [0, 0.05) is 38.8 Å². The highest BCUT2D eigenvalue weighted by Gasteiger charge is 2.46. The Kier molecular flexibility index (Phi) is 14.2. The van der Waals surface area contributed by atoms with Crippen LogP contribution in [0, 0.1) is 0 Å². The Morgan fingerprint density at radius 3 is 1.73 bits per heavy atom. The number of nitrogens with one attached hydrogen (secondary N) is 1. The van der Waals surface area contributed by atoms with Crippen LogP contribution in [0.15, 0.2) is 97.1 Å². The molecule has 0 radical (unpaired) electrons. The summed E-state index contributed by atoms with van der Waals surface area (Å²) >= 11 is 0. The quantitative estimate of drug-likeness (QED) is 0.0595. The molecule has 0 heterocycles. The lowest BCUT2D eigenvalue weighted by atomic mass is 9.68. The van der Waals surface area contributed by atoms with Crippen molar-refractivity contribution >= 4 is 24.1 Å². The molecule has 12 heteroatoms. The summed E-state index contributed by atoms with van der Waals surface area (Å²) in [7, 11) is -5.23. The van der Waals surface area contributed by atoms with Crippen molar-refractivity contribution in [2.24, 2.45) is 0 Å². The minimum absolute atomic E-state index is 0.299. The highest BCUT2D eigenvalue weighted by atomic mass is 28.4. The third-order valence-corrected chi connectivity index (χ3v) is 12.9. The Morgan fingerprint density at radius 1 is 0.654 bits per heavy atom. The van der Waals surface area contributed by atoms with Crippen LogP contribution >= 0.6 is 0 Å². The zero-order chi connectivity index (χ0) is 36.8. The van der Waals surface area contributed by atoms with Gasteiger partial charge >= 0.3 is 24.1 Å². The van der Waals surface area contributed by atoms with Crippen LogP contribution in [0.1, 0.15) is 62.8 Å². The van der Waals surface area contributed by atoms with E-state index in [1.54, 1.807) is 6.92 Å². The van der Waals surface area contributed by atoms with E-state index in [0.717, 1.165) is 16.9 Å². The molecule has 4 aromatic rings. The van der Waals surface area contributed by atoms with Crippen molar-refractivity contribution in [1.82, 2.24) is 5.32 Å². The molecule has 0 saturated heterocycles. The zero-order valence-corrected chi connectivity index (χ0v) is 32.5. The minimum atomic E-state index is -2.78. The minimum Gasteiger partial charge on any atom is -0.496 e. The van der Waals surface area contributed by atoms with Crippen LogP contribution in [0.3, 0.4) is 0 Å². The molecule has 0 unspecified atom stereocenters. The summed E-state index contributed by atoms with van der Waals surface area (Å²) in [6.45, 7) is 10.6. The second kappa shape index (κ2) is 18.9. The summed E-state index contributed by atoms with van der Waals surface area (Å²) in [5, 5.41) is 2.85. The lowest BCUT2D eigenvalue weighted by Gasteiger charge is -2.34. The number of benzene rings is 4. The third-order valence-electron chi connectivity index (χ3n) is 8.80. The molecule has 1 N–H and O–H groups in total. The van der Waals surface area contributed by atoms with E-state index >= 15 is 0 Å². The number of rotatable bonds is 21. The summed E-state index contributed by atoms with van der Waals surface area (Å²) in [6, 6.07) is 33.5. The highest BCUT2D eigenvalue weighted by Crippen LogP contribution is 2.56. The van der Waals surface area contributed by atoms with Crippen molar-refractivity contribution in [3.63, 3.8) is 0 Å². The molecule has 5 rings (SSSR count). The van der Waals surface area contributed by atoms with E-state index in [9.17, 15) is 9.26 Å². The number of hydrogen-bond acceptors (Lipinski definition) is 9. The molecular weight excluding hydrogens is 695 g/mol. The number of carbonyl (C=O) groups is 1. The van der Waals surface area contributed by atoms with Gasteiger partial charge in [-0.2, -0.15) is 0 Å². The van der Waals surface area contributed by atoms with E-state index in [1.165, 1.54) is 22.3 Å². The maximum absolute atomic E-state index is 12.8. The molecule has 10 nitrogen and oxygen atoms in total. The van der Waals surface area contributed by atoms with Gasteiger partial charge in [0.05, 0.1) is 25.2 Å². The predicted octanol–water partition coefficient (Wildman–Crippen LogP) is 7.81. The Hall–Kier alpha value is -4.34. The van der Waals surface area contributed by atoms with Crippen molar-refractivity contribution < 1.29 is 40.9 Å². The molecule has 1 aliphatic carbocycles. The summed E-state index contributed by atoms with van der Waals surface area (Å²) in [5.41, 5.74) is 6.19. The van der Waals surface area contributed by atoms with E-state index in [2.05, 4.69) is 66.0 Å². The maximum Gasteiger partial charge on any atom is 0.767 e. The maximum atomic E-state index is 12.8. The number of ether oxygens (including phenoxy) is 2. The average Bonchev–Trinajstić information content (AvgIpc) is 3.45. The van der Waals surface area contributed by atoms with Crippen LogP contribution in [-0.2, 0) is 32.0 Å². The van der Waals surface area contributed by atoms with E-state index in [-0.39, 0.29) is 0 Å². The van der Waals surface area contributed by atoms with Crippen molar-refractivity contribution in [3.05, 3.63) is 119 Å². The van der Waals surface area contributed by atoms with Gasteiger partial charge in [-0.05, 0) is 91.8 Å². The van der Waals surface area contributed by atoms with Crippen molar-refractivity contribution in [1.29, 1.82) is 0 Å². The molecule has 0 saturated carbocycles. The molecule has 0 aromatic heterocycles. The lowest BCUT2D eigenvalue weighted by molar-refractivity contribution is 0.0707. The number of carbonyl (C=O) groups excluding carboxylic acids is 1. The highest BCUT2D eigenvalue weighted by molar-refractivity contribution is 6.60. The number of hydrogen-bond donors (Lipinski definition) is 1. The monoisotopic (exact) mass is 743 g/mol. The van der Waals surface area contributed by atoms with Crippen LogP contribution in [-0.4, -0.2) is 70.3 Å². The van der Waals surface area contributed by atoms with Gasteiger partial charge in [-0.15, -0.1) is 0 Å². The van der Waals surface area contributed by atoms with Crippen LogP contribution < -0.4 is 14.8 Å². The standard InChI is InChI=1S/C40H49NO9Si2/c1-5-45-51(43)46-29-14-28-44-33-23-19-31(20-24-33)40(37-17-11-9-15-35(37)36-16-10-12-18-38(36)40)32-21-25-34(26-22-32)50-39(42)41-27-13-30-52(47-6-2,48-7-3)49-8-4/h9-12,15-26H,5-8,13-14,27-30H2,1-4H3,(H,41,42). The first-order chi connectivity index (χ1) is 25.4. The molecule has 52 heavy (non-hydrogen) atoms. The second-order valence-electron chi connectivity index (χ2n) is 12.0. The first kappa shape index (κ1) is 38.9. The van der Waals surface area contributed by atoms with Gasteiger partial charge in [0.15, 0.2) is 0 Å². The van der Waals surface area contributed by atoms with Crippen LogP contribution in [0.2, 0.25) is 6.04 Å². The summed E-state index contributed by atoms with van der Waals surface area (Å²) < 4.78 is 51.3. The molecule has 0 atom stereocenters. The first-order valence-electron chi connectivity index (χ1n) is 18.1. The number of fused-ring (bicyclic) bond motifs is 3. The lowest BCUT2D eigenvalue weighted by Crippen LogP contribution is -2.46. The van der Waals surface area contributed by atoms with Crippen LogP contribution in [0.25, 0.3) is 11.1 Å². The fourth-order valence-corrected chi connectivity index (χ4v) is 10.0. The Morgan fingerprint density at radius 2 is 1.19 bits per heavy atom. The van der Waals surface area contributed by atoms with Crippen molar-refractivity contribution in [3.8, 4) is 22.6 Å². The average molecular weight is 744 g/mol. The molecule has 0 fully saturated rings. The molecule has 4 aromatic carbocycles. The summed E-state index contributed by atoms with van der Waals surface area (Å²) in [5.74, 6) is 1.17. The normalized spacial score (nSPS) is 12.8. The Balaban J connectivity index is 1.32. The van der Waals surface area contributed by atoms with Gasteiger partial charge in [-0.1, -0.05) is 72.8 Å². The first-order valence-corrected chi connectivity index (χ1v) is 21.3. The molecule has 0 bridgehead atoms.